The van der Waals surface area contributed by atoms with Crippen LogP contribution in [0.1, 0.15) is 17.2 Å². The summed E-state index contributed by atoms with van der Waals surface area (Å²) < 4.78 is 9.64. The van der Waals surface area contributed by atoms with Crippen LogP contribution in [0.2, 0.25) is 0 Å². The maximum absolute atomic E-state index is 11.2. The van der Waals surface area contributed by atoms with Gasteiger partial charge in [-0.15, -0.1) is 12.4 Å². The number of aryl methyl sites for hydroxylation is 1. The Kier molecular flexibility index (Phi) is 5.85. The van der Waals surface area contributed by atoms with Gasteiger partial charge in [0.25, 0.3) is 0 Å². The van der Waals surface area contributed by atoms with E-state index >= 15 is 0 Å². The molecule has 1 aromatic rings. The molecule has 0 fully saturated rings. The molecule has 0 aromatic heterocycles. The second kappa shape index (κ2) is 6.35. The second-order valence-corrected chi connectivity index (χ2v) is 3.22. The minimum atomic E-state index is -0.735. The standard InChI is InChI=1S/C11H15NO3.ClH/c1-7-6-8(14-2)4-5-9(7)10(12)11(13)15-3;/h4-6,10H,12H2,1-3H3;1H/t10-;/m0./s1. The molecule has 1 atom stereocenters. The molecular formula is C11H16ClNO3. The largest absolute Gasteiger partial charge is 0.497 e. The highest BCUT2D eigenvalue weighted by atomic mass is 35.5. The molecule has 0 aliphatic carbocycles. The third kappa shape index (κ3) is 3.12. The van der Waals surface area contributed by atoms with Crippen LogP contribution < -0.4 is 10.5 Å². The number of methoxy groups -OCH3 is 2. The van der Waals surface area contributed by atoms with E-state index in [2.05, 4.69) is 4.74 Å². The van der Waals surface area contributed by atoms with Gasteiger partial charge in [0.05, 0.1) is 14.2 Å². The molecule has 2 N–H and O–H groups in total. The predicted octanol–water partition coefficient (Wildman–Crippen LogP) is 1.60. The van der Waals surface area contributed by atoms with Crippen molar-refractivity contribution in [1.82, 2.24) is 0 Å². The second-order valence-electron chi connectivity index (χ2n) is 3.22. The number of ether oxygens (including phenoxy) is 2. The third-order valence-corrected chi connectivity index (χ3v) is 2.27. The van der Waals surface area contributed by atoms with Crippen molar-refractivity contribution in [3.8, 4) is 5.75 Å². The highest BCUT2D eigenvalue weighted by Gasteiger charge is 2.18. The van der Waals surface area contributed by atoms with Crippen LogP contribution in [0.5, 0.6) is 5.75 Å². The molecule has 0 radical (unpaired) electrons. The molecule has 16 heavy (non-hydrogen) atoms. The molecule has 0 saturated carbocycles. The molecule has 0 saturated heterocycles. The topological polar surface area (TPSA) is 61.5 Å². The quantitative estimate of drug-likeness (QED) is 0.822. The van der Waals surface area contributed by atoms with Crippen LogP contribution in [-0.2, 0) is 9.53 Å². The van der Waals surface area contributed by atoms with Crippen molar-refractivity contribution >= 4 is 18.4 Å². The molecule has 0 unspecified atom stereocenters. The van der Waals surface area contributed by atoms with E-state index in [1.54, 1.807) is 19.2 Å². The maximum Gasteiger partial charge on any atom is 0.327 e. The molecule has 90 valence electrons. The van der Waals surface area contributed by atoms with Gasteiger partial charge < -0.3 is 15.2 Å². The number of nitrogens with two attached hydrogens (primary N) is 1. The van der Waals surface area contributed by atoms with Crippen molar-refractivity contribution in [3.05, 3.63) is 29.3 Å². The van der Waals surface area contributed by atoms with Crippen LogP contribution in [0.25, 0.3) is 0 Å². The lowest BCUT2D eigenvalue weighted by atomic mass is 10.0. The van der Waals surface area contributed by atoms with Gasteiger partial charge in [-0.1, -0.05) is 6.07 Å². The molecule has 1 aromatic carbocycles. The Bertz CT molecular complexity index is 368. The van der Waals surface area contributed by atoms with Crippen LogP contribution in [0.4, 0.5) is 0 Å². The number of carbonyl (C=O) groups excluding carboxylic acids is 1. The molecule has 5 heteroatoms. The number of hydrogen-bond acceptors (Lipinski definition) is 4. The lowest BCUT2D eigenvalue weighted by molar-refractivity contribution is -0.142. The van der Waals surface area contributed by atoms with Crippen molar-refractivity contribution in [2.45, 2.75) is 13.0 Å². The fourth-order valence-corrected chi connectivity index (χ4v) is 1.38. The van der Waals surface area contributed by atoms with Crippen molar-refractivity contribution in [2.75, 3.05) is 14.2 Å². The normalized spacial score (nSPS) is 11.2. The average molecular weight is 246 g/mol. The third-order valence-electron chi connectivity index (χ3n) is 2.27. The summed E-state index contributed by atoms with van der Waals surface area (Å²) in [5.41, 5.74) is 7.39. The Morgan fingerprint density at radius 3 is 2.44 bits per heavy atom. The summed E-state index contributed by atoms with van der Waals surface area (Å²) in [6.07, 6.45) is 0. The van der Waals surface area contributed by atoms with Crippen LogP contribution in [0.3, 0.4) is 0 Å². The van der Waals surface area contributed by atoms with Crippen LogP contribution in [0.15, 0.2) is 18.2 Å². The SMILES string of the molecule is COC(=O)[C@@H](N)c1ccc(OC)cc1C.Cl. The minimum Gasteiger partial charge on any atom is -0.497 e. The Balaban J connectivity index is 0.00000225. The molecule has 4 nitrogen and oxygen atoms in total. The van der Waals surface area contributed by atoms with E-state index in [1.165, 1.54) is 7.11 Å². The van der Waals surface area contributed by atoms with Gasteiger partial charge in [0.1, 0.15) is 11.8 Å². The first-order chi connectivity index (χ1) is 7.10. The molecule has 0 heterocycles. The molecule has 0 amide bonds. The summed E-state index contributed by atoms with van der Waals surface area (Å²) in [6, 6.07) is 4.64. The molecule has 0 aliphatic rings. The van der Waals surface area contributed by atoms with Gasteiger partial charge in [-0.25, -0.2) is 0 Å². The summed E-state index contributed by atoms with van der Waals surface area (Å²) in [7, 11) is 2.91. The van der Waals surface area contributed by atoms with Crippen LogP contribution in [0, 0.1) is 6.92 Å². The van der Waals surface area contributed by atoms with Crippen molar-refractivity contribution in [1.29, 1.82) is 0 Å². The zero-order valence-corrected chi connectivity index (χ0v) is 10.3. The van der Waals surface area contributed by atoms with Gasteiger partial charge in [-0.2, -0.15) is 0 Å². The van der Waals surface area contributed by atoms with Gasteiger partial charge in [0, 0.05) is 0 Å². The van der Waals surface area contributed by atoms with E-state index < -0.39 is 12.0 Å². The Morgan fingerprint density at radius 1 is 1.38 bits per heavy atom. The van der Waals surface area contributed by atoms with Crippen molar-refractivity contribution < 1.29 is 14.3 Å². The number of halogens is 1. The van der Waals surface area contributed by atoms with Crippen molar-refractivity contribution in [3.63, 3.8) is 0 Å². The lowest BCUT2D eigenvalue weighted by Crippen LogP contribution is -2.23. The van der Waals surface area contributed by atoms with Gasteiger partial charge in [-0.05, 0) is 30.2 Å². The van der Waals surface area contributed by atoms with Gasteiger partial charge in [0.2, 0.25) is 0 Å². The number of carbonyl (C=O) groups is 1. The van der Waals surface area contributed by atoms with E-state index in [1.807, 2.05) is 13.0 Å². The van der Waals surface area contributed by atoms with Gasteiger partial charge in [0.15, 0.2) is 0 Å². The van der Waals surface area contributed by atoms with E-state index in [-0.39, 0.29) is 12.4 Å². The maximum atomic E-state index is 11.2. The first-order valence-corrected chi connectivity index (χ1v) is 4.58. The van der Waals surface area contributed by atoms with Crippen LogP contribution in [-0.4, -0.2) is 20.2 Å². The van der Waals surface area contributed by atoms with E-state index in [4.69, 9.17) is 10.5 Å². The first-order valence-electron chi connectivity index (χ1n) is 4.58. The summed E-state index contributed by atoms with van der Waals surface area (Å²) in [6.45, 7) is 1.88. The predicted molar refractivity (Wildman–Crippen MR) is 63.9 cm³/mol. The lowest BCUT2D eigenvalue weighted by Gasteiger charge is -2.13. The van der Waals surface area contributed by atoms with E-state index in [9.17, 15) is 4.79 Å². The summed E-state index contributed by atoms with van der Waals surface area (Å²) >= 11 is 0. The van der Waals surface area contributed by atoms with Crippen molar-refractivity contribution in [2.24, 2.45) is 5.73 Å². The molecule has 1 rings (SSSR count). The Hall–Kier alpha value is -1.26. The smallest absolute Gasteiger partial charge is 0.327 e. The zero-order chi connectivity index (χ0) is 11.4. The molecule has 0 bridgehead atoms. The zero-order valence-electron chi connectivity index (χ0n) is 9.52. The number of esters is 1. The molecular weight excluding hydrogens is 230 g/mol. The van der Waals surface area contributed by atoms with E-state index in [0.717, 1.165) is 16.9 Å². The average Bonchev–Trinajstić information content (AvgIpc) is 2.26. The first kappa shape index (κ1) is 14.7. The highest BCUT2D eigenvalue weighted by molar-refractivity contribution is 5.85. The Labute approximate surface area is 101 Å². The molecule has 0 spiro atoms. The molecule has 0 aliphatic heterocycles. The summed E-state index contributed by atoms with van der Waals surface area (Å²) in [5.74, 6) is 0.302. The summed E-state index contributed by atoms with van der Waals surface area (Å²) in [4.78, 5) is 11.2. The van der Waals surface area contributed by atoms with E-state index in [0.29, 0.717) is 0 Å². The fourth-order valence-electron chi connectivity index (χ4n) is 1.38. The number of rotatable bonds is 3. The Morgan fingerprint density at radius 2 is 2.00 bits per heavy atom. The van der Waals surface area contributed by atoms with Gasteiger partial charge >= 0.3 is 5.97 Å². The summed E-state index contributed by atoms with van der Waals surface area (Å²) in [5, 5.41) is 0. The fraction of sp³-hybridized carbons (Fsp3) is 0.364. The van der Waals surface area contributed by atoms with Gasteiger partial charge in [-0.3, -0.25) is 4.79 Å². The minimum absolute atomic E-state index is 0. The highest BCUT2D eigenvalue weighted by Crippen LogP contribution is 2.21. The van der Waals surface area contributed by atoms with Crippen LogP contribution >= 0.6 is 12.4 Å². The monoisotopic (exact) mass is 245 g/mol. The number of benzene rings is 1. The number of hydrogen-bond donors (Lipinski definition) is 1.